The zero-order chi connectivity index (χ0) is 13.3. The Balaban J connectivity index is 2.09. The van der Waals surface area contributed by atoms with Gasteiger partial charge in [0.25, 0.3) is 0 Å². The van der Waals surface area contributed by atoms with Gasteiger partial charge in [-0.25, -0.2) is 0 Å². The van der Waals surface area contributed by atoms with Gasteiger partial charge in [0.1, 0.15) is 12.1 Å². The number of hydrogen-bond donors (Lipinski definition) is 0. The Bertz CT molecular complexity index is 348. The van der Waals surface area contributed by atoms with E-state index >= 15 is 0 Å². The van der Waals surface area contributed by atoms with Crippen molar-refractivity contribution in [2.24, 2.45) is 5.92 Å². The predicted molar refractivity (Wildman–Crippen MR) is 73.5 cm³/mol. The first-order valence-corrected chi connectivity index (χ1v) is 8.05. The molecular weight excluding hydrogens is 248 g/mol. The number of amides is 2. The van der Waals surface area contributed by atoms with Gasteiger partial charge >= 0.3 is 0 Å². The van der Waals surface area contributed by atoms with Crippen LogP contribution in [0.1, 0.15) is 26.7 Å². The highest BCUT2D eigenvalue weighted by atomic mass is 32.2. The maximum absolute atomic E-state index is 12.4. The second-order valence-corrected chi connectivity index (χ2v) is 6.33. The van der Waals surface area contributed by atoms with Gasteiger partial charge in [-0.05, 0) is 37.7 Å². The molecule has 0 aromatic rings. The second-order valence-electron chi connectivity index (χ2n) is 5.42. The molecule has 3 unspecified atom stereocenters. The Morgan fingerprint density at radius 1 is 1.39 bits per heavy atom. The van der Waals surface area contributed by atoms with Crippen molar-refractivity contribution in [2.45, 2.75) is 38.8 Å². The Hall–Kier alpha value is -0.710. The maximum atomic E-state index is 12.4. The van der Waals surface area contributed by atoms with Crippen LogP contribution < -0.4 is 0 Å². The fraction of sp³-hybridized carbons (Fsp3) is 0.846. The van der Waals surface area contributed by atoms with Crippen LogP contribution >= 0.6 is 11.8 Å². The summed E-state index contributed by atoms with van der Waals surface area (Å²) in [5.41, 5.74) is 0. The highest BCUT2D eigenvalue weighted by molar-refractivity contribution is 7.98. The number of carbonyl (C=O) groups is 2. The topological polar surface area (TPSA) is 40.6 Å². The van der Waals surface area contributed by atoms with E-state index in [1.54, 1.807) is 21.6 Å². The first kappa shape index (κ1) is 13.7. The Morgan fingerprint density at radius 2 is 2.11 bits per heavy atom. The third kappa shape index (κ3) is 2.37. The van der Waals surface area contributed by atoms with Gasteiger partial charge in [0.05, 0.1) is 0 Å². The van der Waals surface area contributed by atoms with Crippen molar-refractivity contribution >= 4 is 23.6 Å². The average Bonchev–Trinajstić information content (AvgIpc) is 2.81. The van der Waals surface area contributed by atoms with Crippen molar-refractivity contribution in [1.82, 2.24) is 9.80 Å². The van der Waals surface area contributed by atoms with Crippen molar-refractivity contribution in [3.05, 3.63) is 0 Å². The molecule has 0 saturated carbocycles. The predicted octanol–water partition coefficient (Wildman–Crippen LogP) is 1.21. The van der Waals surface area contributed by atoms with Crippen LogP contribution in [0.4, 0.5) is 0 Å². The normalized spacial score (nSPS) is 29.7. The first-order chi connectivity index (χ1) is 8.56. The molecule has 2 rings (SSSR count). The van der Waals surface area contributed by atoms with Gasteiger partial charge in [-0.2, -0.15) is 11.8 Å². The van der Waals surface area contributed by atoms with E-state index in [2.05, 4.69) is 13.2 Å². The molecule has 4 nitrogen and oxygen atoms in total. The molecule has 2 fully saturated rings. The van der Waals surface area contributed by atoms with Crippen LogP contribution in [0.25, 0.3) is 0 Å². The van der Waals surface area contributed by atoms with Crippen molar-refractivity contribution in [1.29, 1.82) is 0 Å². The summed E-state index contributed by atoms with van der Waals surface area (Å²) < 4.78 is 0. The lowest BCUT2D eigenvalue weighted by Gasteiger charge is -2.41. The number of carbonyl (C=O) groups excluding carboxylic acids is 2. The minimum Gasteiger partial charge on any atom is -0.329 e. The van der Waals surface area contributed by atoms with Crippen molar-refractivity contribution in [2.75, 3.05) is 25.1 Å². The zero-order valence-corrected chi connectivity index (χ0v) is 12.2. The Morgan fingerprint density at radius 3 is 2.78 bits per heavy atom. The van der Waals surface area contributed by atoms with E-state index in [0.717, 1.165) is 25.1 Å². The molecule has 0 aromatic heterocycles. The smallest absolute Gasteiger partial charge is 0.246 e. The molecule has 0 aromatic carbocycles. The molecule has 3 atom stereocenters. The molecule has 0 bridgehead atoms. The standard InChI is InChI=1S/C13H22N2O2S/c1-9(8-18-3)7-15-10(2)12(16)14-6-4-5-11(14)13(15)17/h9-11H,4-8H2,1-3H3. The van der Waals surface area contributed by atoms with Crippen LogP contribution in [0, 0.1) is 5.92 Å². The number of thioether (sulfide) groups is 1. The van der Waals surface area contributed by atoms with E-state index in [1.165, 1.54) is 0 Å². The van der Waals surface area contributed by atoms with Crippen LogP contribution in [0.2, 0.25) is 0 Å². The summed E-state index contributed by atoms with van der Waals surface area (Å²) in [6.45, 7) is 5.47. The van der Waals surface area contributed by atoms with Gasteiger partial charge in [0.15, 0.2) is 0 Å². The second kappa shape index (κ2) is 5.51. The third-order valence-corrected chi connectivity index (χ3v) is 4.79. The molecule has 102 valence electrons. The van der Waals surface area contributed by atoms with Crippen molar-refractivity contribution in [3.63, 3.8) is 0 Å². The molecule has 0 aliphatic carbocycles. The summed E-state index contributed by atoms with van der Waals surface area (Å²) >= 11 is 1.79. The first-order valence-electron chi connectivity index (χ1n) is 6.66. The lowest BCUT2D eigenvalue weighted by Crippen LogP contribution is -2.62. The minimum atomic E-state index is -0.281. The van der Waals surface area contributed by atoms with Gasteiger partial charge < -0.3 is 9.80 Å². The van der Waals surface area contributed by atoms with E-state index in [9.17, 15) is 9.59 Å². The van der Waals surface area contributed by atoms with E-state index in [1.807, 2.05) is 6.92 Å². The average molecular weight is 270 g/mol. The van der Waals surface area contributed by atoms with Gasteiger partial charge in [-0.3, -0.25) is 9.59 Å². The number of fused-ring (bicyclic) bond motifs is 1. The molecular formula is C13H22N2O2S. The summed E-state index contributed by atoms with van der Waals surface area (Å²) in [4.78, 5) is 28.2. The molecule has 2 aliphatic rings. The lowest BCUT2D eigenvalue weighted by molar-refractivity contribution is -0.159. The number of rotatable bonds is 4. The summed E-state index contributed by atoms with van der Waals surface area (Å²) in [6.07, 6.45) is 3.87. The Labute approximate surface area is 113 Å². The fourth-order valence-electron chi connectivity index (χ4n) is 2.96. The van der Waals surface area contributed by atoms with Gasteiger partial charge in [0, 0.05) is 13.1 Å². The van der Waals surface area contributed by atoms with Crippen molar-refractivity contribution in [3.8, 4) is 0 Å². The third-order valence-electron chi connectivity index (χ3n) is 3.89. The van der Waals surface area contributed by atoms with Crippen LogP contribution in [-0.4, -0.2) is 58.8 Å². The van der Waals surface area contributed by atoms with Crippen LogP contribution in [-0.2, 0) is 9.59 Å². The monoisotopic (exact) mass is 270 g/mol. The van der Waals surface area contributed by atoms with Crippen LogP contribution in [0.3, 0.4) is 0 Å². The van der Waals surface area contributed by atoms with E-state index in [-0.39, 0.29) is 23.9 Å². The highest BCUT2D eigenvalue weighted by Crippen LogP contribution is 2.27. The zero-order valence-electron chi connectivity index (χ0n) is 11.4. The fourth-order valence-corrected chi connectivity index (χ4v) is 3.64. The van der Waals surface area contributed by atoms with Gasteiger partial charge in [-0.15, -0.1) is 0 Å². The van der Waals surface area contributed by atoms with E-state index in [4.69, 9.17) is 0 Å². The molecule has 0 radical (unpaired) electrons. The summed E-state index contributed by atoms with van der Waals surface area (Å²) in [5.74, 6) is 1.76. The SMILES string of the molecule is CSCC(C)CN1C(=O)C2CCCN2C(=O)C1C. The molecule has 2 heterocycles. The summed E-state index contributed by atoms with van der Waals surface area (Å²) in [5, 5.41) is 0. The molecule has 2 amide bonds. The van der Waals surface area contributed by atoms with Gasteiger partial charge in [0.2, 0.25) is 11.8 Å². The summed E-state index contributed by atoms with van der Waals surface area (Å²) in [6, 6.07) is -0.452. The molecule has 2 aliphatic heterocycles. The molecule has 0 N–H and O–H groups in total. The Kier molecular flexibility index (Phi) is 4.20. The van der Waals surface area contributed by atoms with E-state index in [0.29, 0.717) is 12.5 Å². The lowest BCUT2D eigenvalue weighted by atomic mass is 10.0. The van der Waals surface area contributed by atoms with Gasteiger partial charge in [-0.1, -0.05) is 6.92 Å². The van der Waals surface area contributed by atoms with Crippen LogP contribution in [0.15, 0.2) is 0 Å². The molecule has 18 heavy (non-hydrogen) atoms. The molecule has 2 saturated heterocycles. The highest BCUT2D eigenvalue weighted by Gasteiger charge is 2.45. The summed E-state index contributed by atoms with van der Waals surface area (Å²) in [7, 11) is 0. The number of hydrogen-bond acceptors (Lipinski definition) is 3. The molecule has 5 heteroatoms. The van der Waals surface area contributed by atoms with E-state index < -0.39 is 0 Å². The number of nitrogens with zero attached hydrogens (tertiary/aromatic N) is 2. The minimum absolute atomic E-state index is 0.133. The maximum Gasteiger partial charge on any atom is 0.246 e. The quantitative estimate of drug-likeness (QED) is 0.771. The number of piperazine rings is 1. The van der Waals surface area contributed by atoms with Crippen LogP contribution in [0.5, 0.6) is 0 Å². The molecule has 0 spiro atoms. The van der Waals surface area contributed by atoms with Crippen molar-refractivity contribution < 1.29 is 9.59 Å². The largest absolute Gasteiger partial charge is 0.329 e.